The summed E-state index contributed by atoms with van der Waals surface area (Å²) in [6, 6.07) is 13.9. The second-order valence-corrected chi connectivity index (χ2v) is 6.61. The first kappa shape index (κ1) is 16.3. The fraction of sp³-hybridized carbons (Fsp3) is 0.278. The second kappa shape index (κ2) is 7.35. The average Bonchev–Trinajstić information content (AvgIpc) is 2.98. The Bertz CT molecular complexity index is 704. The van der Waals surface area contributed by atoms with Gasteiger partial charge in [-0.25, -0.2) is 0 Å². The van der Waals surface area contributed by atoms with Crippen molar-refractivity contribution in [2.45, 2.75) is 19.0 Å². The molecule has 1 saturated heterocycles. The van der Waals surface area contributed by atoms with Crippen molar-refractivity contribution in [2.24, 2.45) is 4.99 Å². The average molecular weight is 349 g/mol. The number of rotatable bonds is 4. The molecule has 2 aromatic carbocycles. The zero-order chi connectivity index (χ0) is 16.2. The van der Waals surface area contributed by atoms with Gasteiger partial charge in [0.1, 0.15) is 5.75 Å². The van der Waals surface area contributed by atoms with E-state index in [4.69, 9.17) is 23.2 Å². The van der Waals surface area contributed by atoms with Crippen molar-refractivity contribution in [3.63, 3.8) is 0 Å². The van der Waals surface area contributed by atoms with Crippen LogP contribution in [0.2, 0.25) is 10.0 Å². The molecule has 1 atom stereocenters. The molecule has 3 nitrogen and oxygen atoms in total. The lowest BCUT2D eigenvalue weighted by molar-refractivity contribution is 0.327. The first-order valence-electron chi connectivity index (χ1n) is 7.59. The lowest BCUT2D eigenvalue weighted by Crippen LogP contribution is -2.21. The van der Waals surface area contributed by atoms with Gasteiger partial charge in [0, 0.05) is 36.4 Å². The molecule has 0 amide bonds. The highest BCUT2D eigenvalue weighted by Crippen LogP contribution is 2.30. The Hall–Kier alpha value is -1.55. The monoisotopic (exact) mass is 348 g/mol. The maximum absolute atomic E-state index is 9.95. The molecule has 0 spiro atoms. The van der Waals surface area contributed by atoms with E-state index in [0.717, 1.165) is 26.1 Å². The maximum atomic E-state index is 9.95. The minimum Gasteiger partial charge on any atom is -0.506 e. The minimum atomic E-state index is 0.0268. The van der Waals surface area contributed by atoms with Crippen LogP contribution in [0.3, 0.4) is 0 Å². The van der Waals surface area contributed by atoms with E-state index in [1.165, 1.54) is 11.6 Å². The molecule has 0 bridgehead atoms. The van der Waals surface area contributed by atoms with Crippen LogP contribution in [0.25, 0.3) is 0 Å². The second-order valence-electron chi connectivity index (χ2n) is 5.77. The lowest BCUT2D eigenvalue weighted by Gasteiger charge is -2.14. The van der Waals surface area contributed by atoms with Crippen molar-refractivity contribution in [1.29, 1.82) is 0 Å². The third-order valence-electron chi connectivity index (χ3n) is 3.98. The van der Waals surface area contributed by atoms with Crippen LogP contribution in [0, 0.1) is 0 Å². The van der Waals surface area contributed by atoms with Gasteiger partial charge in [-0.1, -0.05) is 53.5 Å². The summed E-state index contributed by atoms with van der Waals surface area (Å²) < 4.78 is 0. The van der Waals surface area contributed by atoms with Crippen LogP contribution in [0.15, 0.2) is 47.5 Å². The Morgan fingerprint density at radius 1 is 1.22 bits per heavy atom. The van der Waals surface area contributed by atoms with Crippen LogP contribution >= 0.6 is 23.2 Å². The fourth-order valence-corrected chi connectivity index (χ4v) is 3.30. The molecule has 0 aromatic heterocycles. The largest absolute Gasteiger partial charge is 0.506 e. The van der Waals surface area contributed by atoms with E-state index in [1.54, 1.807) is 12.3 Å². The Balaban J connectivity index is 1.62. The van der Waals surface area contributed by atoms with E-state index in [2.05, 4.69) is 34.2 Å². The fourth-order valence-electron chi connectivity index (χ4n) is 2.79. The zero-order valence-corrected chi connectivity index (χ0v) is 14.1. The molecular formula is C18H18Cl2N2O. The van der Waals surface area contributed by atoms with Gasteiger partial charge in [-0.15, -0.1) is 0 Å². The summed E-state index contributed by atoms with van der Waals surface area (Å²) in [7, 11) is 0. The van der Waals surface area contributed by atoms with Crippen molar-refractivity contribution in [3.8, 4) is 5.75 Å². The molecule has 1 heterocycles. The normalized spacial score (nSPS) is 18.8. The summed E-state index contributed by atoms with van der Waals surface area (Å²) in [5.74, 6) is 0.0268. The Kier molecular flexibility index (Phi) is 5.21. The lowest BCUT2D eigenvalue weighted by atomic mass is 10.2. The standard InChI is InChI=1S/C18H18Cl2N2O/c19-15-8-14(18(23)17(20)9-15)10-21-16-6-7-22(12-16)11-13-4-2-1-3-5-13/h1-5,8-10,16,23H,6-7,11-12H2. The van der Waals surface area contributed by atoms with Gasteiger partial charge in [0.2, 0.25) is 0 Å². The number of aromatic hydroxyl groups is 1. The number of hydrogen-bond donors (Lipinski definition) is 1. The number of phenols is 1. The third-order valence-corrected chi connectivity index (χ3v) is 4.48. The van der Waals surface area contributed by atoms with Crippen LogP contribution in [-0.2, 0) is 6.54 Å². The molecule has 5 heteroatoms. The van der Waals surface area contributed by atoms with E-state index < -0.39 is 0 Å². The zero-order valence-electron chi connectivity index (χ0n) is 12.6. The molecule has 1 aliphatic heterocycles. The van der Waals surface area contributed by atoms with Gasteiger partial charge in [-0.05, 0) is 24.1 Å². The Morgan fingerprint density at radius 3 is 2.78 bits per heavy atom. The highest BCUT2D eigenvalue weighted by atomic mass is 35.5. The molecule has 120 valence electrons. The molecular weight excluding hydrogens is 331 g/mol. The summed E-state index contributed by atoms with van der Waals surface area (Å²) in [6.07, 6.45) is 2.68. The number of nitrogens with zero attached hydrogens (tertiary/aromatic N) is 2. The van der Waals surface area contributed by atoms with E-state index in [1.807, 2.05) is 6.07 Å². The van der Waals surface area contributed by atoms with Gasteiger partial charge >= 0.3 is 0 Å². The van der Waals surface area contributed by atoms with Gasteiger partial charge in [-0.3, -0.25) is 9.89 Å². The van der Waals surface area contributed by atoms with Gasteiger partial charge in [0.25, 0.3) is 0 Å². The third kappa shape index (κ3) is 4.25. The van der Waals surface area contributed by atoms with Crippen molar-refractivity contribution >= 4 is 29.4 Å². The molecule has 1 N–H and O–H groups in total. The van der Waals surface area contributed by atoms with E-state index in [-0.39, 0.29) is 16.8 Å². The van der Waals surface area contributed by atoms with Crippen LogP contribution in [-0.4, -0.2) is 35.4 Å². The van der Waals surface area contributed by atoms with E-state index in [9.17, 15) is 5.11 Å². The van der Waals surface area contributed by atoms with Crippen LogP contribution in [0.1, 0.15) is 17.5 Å². The molecule has 2 aromatic rings. The molecule has 0 aliphatic carbocycles. The number of benzene rings is 2. The van der Waals surface area contributed by atoms with Crippen LogP contribution in [0.5, 0.6) is 5.75 Å². The number of likely N-dealkylation sites (tertiary alicyclic amines) is 1. The van der Waals surface area contributed by atoms with E-state index in [0.29, 0.717) is 10.6 Å². The number of hydrogen-bond acceptors (Lipinski definition) is 3. The summed E-state index contributed by atoms with van der Waals surface area (Å²) in [5, 5.41) is 10.7. The van der Waals surface area contributed by atoms with E-state index >= 15 is 0 Å². The smallest absolute Gasteiger partial charge is 0.143 e. The molecule has 3 rings (SSSR count). The predicted octanol–water partition coefficient (Wildman–Crippen LogP) is 4.39. The quantitative estimate of drug-likeness (QED) is 0.831. The van der Waals surface area contributed by atoms with Crippen molar-refractivity contribution in [1.82, 2.24) is 4.90 Å². The van der Waals surface area contributed by atoms with Gasteiger partial charge in [0.05, 0.1) is 11.1 Å². The number of aliphatic imine (C=N–C) groups is 1. The first-order valence-corrected chi connectivity index (χ1v) is 8.35. The molecule has 23 heavy (non-hydrogen) atoms. The number of halogens is 2. The molecule has 1 aliphatic rings. The number of phenolic OH excluding ortho intramolecular Hbond substituents is 1. The molecule has 1 fully saturated rings. The van der Waals surface area contributed by atoms with Gasteiger partial charge in [0.15, 0.2) is 0 Å². The van der Waals surface area contributed by atoms with Crippen molar-refractivity contribution < 1.29 is 5.11 Å². The van der Waals surface area contributed by atoms with Crippen LogP contribution < -0.4 is 0 Å². The molecule has 0 saturated carbocycles. The minimum absolute atomic E-state index is 0.0268. The SMILES string of the molecule is Oc1c(Cl)cc(Cl)cc1C=NC1CCN(Cc2ccccc2)C1. The first-order chi connectivity index (χ1) is 11.1. The summed E-state index contributed by atoms with van der Waals surface area (Å²) in [5.41, 5.74) is 1.88. The van der Waals surface area contributed by atoms with Crippen LogP contribution in [0.4, 0.5) is 0 Å². The van der Waals surface area contributed by atoms with Gasteiger partial charge in [-0.2, -0.15) is 0 Å². The highest BCUT2D eigenvalue weighted by molar-refractivity contribution is 6.36. The summed E-state index contributed by atoms with van der Waals surface area (Å²) in [4.78, 5) is 6.98. The van der Waals surface area contributed by atoms with Gasteiger partial charge < -0.3 is 5.11 Å². The maximum Gasteiger partial charge on any atom is 0.143 e. The molecule has 1 unspecified atom stereocenters. The Morgan fingerprint density at radius 2 is 2.00 bits per heavy atom. The summed E-state index contributed by atoms with van der Waals surface area (Å²) >= 11 is 11.9. The van der Waals surface area contributed by atoms with Crippen molar-refractivity contribution in [2.75, 3.05) is 13.1 Å². The highest BCUT2D eigenvalue weighted by Gasteiger charge is 2.21. The molecule has 0 radical (unpaired) electrons. The topological polar surface area (TPSA) is 35.8 Å². The summed E-state index contributed by atoms with van der Waals surface area (Å²) in [6.45, 7) is 2.89. The Labute approximate surface area is 146 Å². The predicted molar refractivity (Wildman–Crippen MR) is 95.8 cm³/mol. The van der Waals surface area contributed by atoms with Crippen molar-refractivity contribution in [3.05, 3.63) is 63.6 Å².